The van der Waals surface area contributed by atoms with Crippen LogP contribution in [0.5, 0.6) is 0 Å². The van der Waals surface area contributed by atoms with E-state index in [2.05, 4.69) is 62.3 Å². The number of hydrogen-bond donors (Lipinski definition) is 1. The maximum absolute atomic E-state index is 3.57. The molecular weight excluding hydrogens is 220 g/mol. The van der Waals surface area contributed by atoms with Crippen LogP contribution in [0.3, 0.4) is 0 Å². The number of para-hydroxylation sites is 1. The van der Waals surface area contributed by atoms with Crippen LogP contribution < -0.4 is 10.2 Å². The molecule has 1 unspecified atom stereocenters. The lowest BCUT2D eigenvalue weighted by Crippen LogP contribution is -2.25. The molecule has 2 heteroatoms. The first-order chi connectivity index (χ1) is 8.74. The van der Waals surface area contributed by atoms with E-state index in [1.165, 1.54) is 24.1 Å². The Morgan fingerprint density at radius 1 is 1.17 bits per heavy atom. The fourth-order valence-electron chi connectivity index (χ4n) is 2.37. The van der Waals surface area contributed by atoms with Crippen LogP contribution >= 0.6 is 0 Å². The predicted octanol–water partition coefficient (Wildman–Crippen LogP) is 3.98. The van der Waals surface area contributed by atoms with Crippen molar-refractivity contribution in [1.82, 2.24) is 5.32 Å². The molecule has 18 heavy (non-hydrogen) atoms. The molecule has 0 amide bonds. The number of unbranched alkanes of at least 4 members (excludes halogenated alkanes) is 1. The molecule has 0 spiro atoms. The van der Waals surface area contributed by atoms with Crippen molar-refractivity contribution in [1.29, 1.82) is 0 Å². The molecule has 0 heterocycles. The van der Waals surface area contributed by atoms with Crippen LogP contribution in [-0.4, -0.2) is 20.1 Å². The van der Waals surface area contributed by atoms with Gasteiger partial charge in [-0.15, -0.1) is 0 Å². The molecule has 0 aromatic heterocycles. The van der Waals surface area contributed by atoms with E-state index in [1.54, 1.807) is 0 Å². The van der Waals surface area contributed by atoms with Crippen LogP contribution in [-0.2, 0) is 0 Å². The summed E-state index contributed by atoms with van der Waals surface area (Å²) >= 11 is 0. The Balaban J connectivity index is 2.89. The average Bonchev–Trinajstić information content (AvgIpc) is 2.42. The summed E-state index contributed by atoms with van der Waals surface area (Å²) in [6, 6.07) is 9.25. The second-order valence-corrected chi connectivity index (χ2v) is 4.85. The van der Waals surface area contributed by atoms with Gasteiger partial charge < -0.3 is 10.2 Å². The van der Waals surface area contributed by atoms with E-state index in [9.17, 15) is 0 Å². The van der Waals surface area contributed by atoms with Crippen molar-refractivity contribution < 1.29 is 0 Å². The fourth-order valence-corrected chi connectivity index (χ4v) is 2.37. The maximum Gasteiger partial charge on any atom is 0.0412 e. The van der Waals surface area contributed by atoms with Crippen molar-refractivity contribution in [3.05, 3.63) is 29.8 Å². The number of anilines is 1. The highest BCUT2D eigenvalue weighted by molar-refractivity contribution is 5.54. The van der Waals surface area contributed by atoms with Gasteiger partial charge in [0, 0.05) is 25.3 Å². The van der Waals surface area contributed by atoms with Gasteiger partial charge in [0.05, 0.1) is 0 Å². The van der Waals surface area contributed by atoms with E-state index in [0.29, 0.717) is 6.04 Å². The minimum Gasteiger partial charge on any atom is -0.374 e. The van der Waals surface area contributed by atoms with E-state index in [4.69, 9.17) is 0 Å². The zero-order valence-electron chi connectivity index (χ0n) is 12.4. The Hall–Kier alpha value is -1.02. The van der Waals surface area contributed by atoms with Crippen LogP contribution in [0.25, 0.3) is 0 Å². The lowest BCUT2D eigenvalue weighted by molar-refractivity contribution is 0.536. The summed E-state index contributed by atoms with van der Waals surface area (Å²) in [6.07, 6.45) is 3.63. The van der Waals surface area contributed by atoms with Crippen LogP contribution in [0.15, 0.2) is 24.3 Å². The first-order valence-corrected chi connectivity index (χ1v) is 7.27. The van der Waals surface area contributed by atoms with Crippen LogP contribution in [0.4, 0.5) is 5.69 Å². The third-order valence-electron chi connectivity index (χ3n) is 3.43. The lowest BCUT2D eigenvalue weighted by atomic mass is 10.0. The van der Waals surface area contributed by atoms with E-state index < -0.39 is 0 Å². The largest absolute Gasteiger partial charge is 0.374 e. The van der Waals surface area contributed by atoms with Crippen LogP contribution in [0.2, 0.25) is 0 Å². The molecule has 102 valence electrons. The molecule has 0 bridgehead atoms. The molecule has 1 N–H and O–H groups in total. The highest BCUT2D eigenvalue weighted by Gasteiger charge is 2.14. The number of hydrogen-bond acceptors (Lipinski definition) is 2. The highest BCUT2D eigenvalue weighted by atomic mass is 15.1. The summed E-state index contributed by atoms with van der Waals surface area (Å²) in [7, 11) is 2.20. The molecule has 2 nitrogen and oxygen atoms in total. The van der Waals surface area contributed by atoms with Crippen molar-refractivity contribution in [2.45, 2.75) is 46.1 Å². The Morgan fingerprint density at radius 3 is 2.50 bits per heavy atom. The van der Waals surface area contributed by atoms with Crippen molar-refractivity contribution >= 4 is 5.69 Å². The summed E-state index contributed by atoms with van der Waals surface area (Å²) in [5, 5.41) is 3.57. The van der Waals surface area contributed by atoms with Gasteiger partial charge in [-0.1, -0.05) is 45.4 Å². The second kappa shape index (κ2) is 8.15. The smallest absolute Gasteiger partial charge is 0.0412 e. The maximum atomic E-state index is 3.57. The molecule has 0 fully saturated rings. The number of benzene rings is 1. The van der Waals surface area contributed by atoms with Gasteiger partial charge in [-0.25, -0.2) is 0 Å². The molecule has 0 aliphatic rings. The van der Waals surface area contributed by atoms with Crippen LogP contribution in [0.1, 0.15) is 51.6 Å². The predicted molar refractivity (Wildman–Crippen MR) is 81.3 cm³/mol. The summed E-state index contributed by atoms with van der Waals surface area (Å²) in [5.74, 6) is 0. The van der Waals surface area contributed by atoms with E-state index in [1.807, 2.05) is 0 Å². The Labute approximate surface area is 112 Å². The van der Waals surface area contributed by atoms with Gasteiger partial charge in [-0.3, -0.25) is 0 Å². The summed E-state index contributed by atoms with van der Waals surface area (Å²) in [5.41, 5.74) is 2.80. The first kappa shape index (κ1) is 15.0. The third-order valence-corrected chi connectivity index (χ3v) is 3.43. The Morgan fingerprint density at radius 2 is 1.89 bits per heavy atom. The third kappa shape index (κ3) is 4.02. The SMILES string of the molecule is CCCCN(C)c1ccccc1C(CC)NCC. The van der Waals surface area contributed by atoms with Crippen molar-refractivity contribution in [3.8, 4) is 0 Å². The number of rotatable bonds is 8. The molecule has 1 aromatic rings. The Kier molecular flexibility index (Phi) is 6.81. The Bertz CT molecular complexity index is 336. The van der Waals surface area contributed by atoms with Gasteiger partial charge in [0.25, 0.3) is 0 Å². The summed E-state index contributed by atoms with van der Waals surface area (Å²) in [6.45, 7) is 8.82. The van der Waals surface area contributed by atoms with Gasteiger partial charge in [-0.05, 0) is 31.0 Å². The molecule has 1 rings (SSSR count). The standard InChI is InChI=1S/C16H28N2/c1-5-8-13-18(4)16-12-10-9-11-14(16)15(6-2)17-7-3/h9-12,15,17H,5-8,13H2,1-4H3. The van der Waals surface area contributed by atoms with Gasteiger partial charge >= 0.3 is 0 Å². The molecular formula is C16H28N2. The van der Waals surface area contributed by atoms with E-state index >= 15 is 0 Å². The molecule has 1 atom stereocenters. The minimum absolute atomic E-state index is 0.468. The summed E-state index contributed by atoms with van der Waals surface area (Å²) in [4.78, 5) is 2.39. The zero-order valence-corrected chi connectivity index (χ0v) is 12.4. The van der Waals surface area contributed by atoms with Crippen molar-refractivity contribution in [3.63, 3.8) is 0 Å². The normalized spacial score (nSPS) is 12.4. The molecule has 0 aliphatic heterocycles. The number of nitrogens with zero attached hydrogens (tertiary/aromatic N) is 1. The lowest BCUT2D eigenvalue weighted by Gasteiger charge is -2.26. The fraction of sp³-hybridized carbons (Fsp3) is 0.625. The monoisotopic (exact) mass is 248 g/mol. The topological polar surface area (TPSA) is 15.3 Å². The zero-order chi connectivity index (χ0) is 13.4. The molecule has 0 saturated heterocycles. The summed E-state index contributed by atoms with van der Waals surface area (Å²) < 4.78 is 0. The highest BCUT2D eigenvalue weighted by Crippen LogP contribution is 2.27. The minimum atomic E-state index is 0.468. The molecule has 0 saturated carbocycles. The quantitative estimate of drug-likeness (QED) is 0.748. The van der Waals surface area contributed by atoms with E-state index in [0.717, 1.165) is 19.5 Å². The number of nitrogens with one attached hydrogen (secondary N) is 1. The van der Waals surface area contributed by atoms with E-state index in [-0.39, 0.29) is 0 Å². The molecule has 0 aliphatic carbocycles. The van der Waals surface area contributed by atoms with Gasteiger partial charge in [-0.2, -0.15) is 0 Å². The van der Waals surface area contributed by atoms with Crippen molar-refractivity contribution in [2.24, 2.45) is 0 Å². The average molecular weight is 248 g/mol. The van der Waals surface area contributed by atoms with Gasteiger partial charge in [0.15, 0.2) is 0 Å². The molecule has 0 radical (unpaired) electrons. The van der Waals surface area contributed by atoms with Gasteiger partial charge in [0.1, 0.15) is 0 Å². The van der Waals surface area contributed by atoms with Crippen LogP contribution in [0, 0.1) is 0 Å². The van der Waals surface area contributed by atoms with Gasteiger partial charge in [0.2, 0.25) is 0 Å². The van der Waals surface area contributed by atoms with Crippen molar-refractivity contribution in [2.75, 3.05) is 25.0 Å². The second-order valence-electron chi connectivity index (χ2n) is 4.85. The first-order valence-electron chi connectivity index (χ1n) is 7.27. The molecule has 1 aromatic carbocycles.